The predicted molar refractivity (Wildman–Crippen MR) is 70.1 cm³/mol. The number of hydrogen-bond acceptors (Lipinski definition) is 1. The fraction of sp³-hybridized carbons (Fsp3) is 0.929. The van der Waals surface area contributed by atoms with Crippen molar-refractivity contribution in [1.29, 1.82) is 0 Å². The monoisotopic (exact) mass is 227 g/mol. The van der Waals surface area contributed by atoms with Crippen molar-refractivity contribution in [3.8, 4) is 0 Å². The molecule has 0 radical (unpaired) electrons. The van der Waals surface area contributed by atoms with Crippen LogP contribution in [0, 0.1) is 11.8 Å². The molecule has 2 N–H and O–H groups in total. The molecule has 96 valence electrons. The molecule has 0 saturated carbocycles. The summed E-state index contributed by atoms with van der Waals surface area (Å²) in [5.41, 5.74) is 5.08. The highest BCUT2D eigenvalue weighted by Gasteiger charge is 2.04. The van der Waals surface area contributed by atoms with Gasteiger partial charge < -0.3 is 5.73 Å². The number of unbranched alkanes of at least 4 members (excludes halogenated alkanes) is 4. The van der Waals surface area contributed by atoms with Crippen molar-refractivity contribution in [1.82, 2.24) is 0 Å². The van der Waals surface area contributed by atoms with E-state index in [2.05, 4.69) is 20.8 Å². The third-order valence-electron chi connectivity index (χ3n) is 2.99. The van der Waals surface area contributed by atoms with E-state index in [4.69, 9.17) is 5.73 Å². The average Bonchev–Trinajstić information content (AvgIpc) is 2.14. The molecule has 0 saturated heterocycles. The first-order valence-corrected chi connectivity index (χ1v) is 6.80. The Morgan fingerprint density at radius 2 is 1.56 bits per heavy atom. The molecule has 16 heavy (non-hydrogen) atoms. The standard InChI is InChI=1S/C14H29NO/c1-12(2)11-13(3)9-7-5-4-6-8-10-14(15)16/h12-13H,4-11H2,1-3H3,(H2,15,16). The lowest BCUT2D eigenvalue weighted by molar-refractivity contribution is -0.118. The number of hydrogen-bond donors (Lipinski definition) is 1. The number of carbonyl (C=O) groups is 1. The molecule has 1 unspecified atom stereocenters. The van der Waals surface area contributed by atoms with Crippen LogP contribution in [0.1, 0.15) is 72.1 Å². The second kappa shape index (κ2) is 9.68. The van der Waals surface area contributed by atoms with E-state index in [-0.39, 0.29) is 5.91 Å². The van der Waals surface area contributed by atoms with Gasteiger partial charge in [-0.15, -0.1) is 0 Å². The summed E-state index contributed by atoms with van der Waals surface area (Å²) in [4.78, 5) is 10.5. The molecule has 0 bridgehead atoms. The summed E-state index contributed by atoms with van der Waals surface area (Å²) in [5, 5.41) is 0. The average molecular weight is 227 g/mol. The molecule has 0 spiro atoms. The summed E-state index contributed by atoms with van der Waals surface area (Å²) in [5.74, 6) is 1.53. The summed E-state index contributed by atoms with van der Waals surface area (Å²) in [7, 11) is 0. The molecule has 1 atom stereocenters. The first kappa shape index (κ1) is 15.5. The topological polar surface area (TPSA) is 43.1 Å². The van der Waals surface area contributed by atoms with E-state index in [1.54, 1.807) is 0 Å². The molecular weight excluding hydrogens is 198 g/mol. The first-order chi connectivity index (χ1) is 7.52. The number of rotatable bonds is 10. The van der Waals surface area contributed by atoms with Crippen LogP contribution in [0.5, 0.6) is 0 Å². The Bertz CT molecular complexity index is 178. The third-order valence-corrected chi connectivity index (χ3v) is 2.99. The minimum atomic E-state index is -0.162. The van der Waals surface area contributed by atoms with Gasteiger partial charge in [-0.2, -0.15) is 0 Å². The van der Waals surface area contributed by atoms with Crippen molar-refractivity contribution in [3.63, 3.8) is 0 Å². The molecule has 0 aliphatic rings. The Balaban J connectivity index is 3.17. The predicted octanol–water partition coefficient (Wildman–Crippen LogP) is 3.88. The van der Waals surface area contributed by atoms with Crippen LogP contribution in [-0.4, -0.2) is 5.91 Å². The molecule has 0 aliphatic heterocycles. The van der Waals surface area contributed by atoms with Crippen LogP contribution in [0.15, 0.2) is 0 Å². The van der Waals surface area contributed by atoms with Crippen molar-refractivity contribution in [2.24, 2.45) is 17.6 Å². The Morgan fingerprint density at radius 3 is 2.12 bits per heavy atom. The Morgan fingerprint density at radius 1 is 1.00 bits per heavy atom. The van der Waals surface area contributed by atoms with Gasteiger partial charge >= 0.3 is 0 Å². The summed E-state index contributed by atoms with van der Waals surface area (Å²) < 4.78 is 0. The number of nitrogens with two attached hydrogens (primary N) is 1. The molecule has 0 fully saturated rings. The molecule has 0 aromatic carbocycles. The van der Waals surface area contributed by atoms with Crippen molar-refractivity contribution >= 4 is 5.91 Å². The van der Waals surface area contributed by atoms with E-state index in [0.717, 1.165) is 24.7 Å². The van der Waals surface area contributed by atoms with Crippen LogP contribution in [0.25, 0.3) is 0 Å². The highest BCUT2D eigenvalue weighted by Crippen LogP contribution is 2.18. The highest BCUT2D eigenvalue weighted by molar-refractivity contribution is 5.73. The number of amides is 1. The van der Waals surface area contributed by atoms with Crippen molar-refractivity contribution in [2.45, 2.75) is 72.1 Å². The molecule has 2 nitrogen and oxygen atoms in total. The van der Waals surface area contributed by atoms with Gasteiger partial charge in [-0.05, 0) is 24.7 Å². The maximum atomic E-state index is 10.5. The van der Waals surface area contributed by atoms with E-state index >= 15 is 0 Å². The van der Waals surface area contributed by atoms with Gasteiger partial charge in [0, 0.05) is 6.42 Å². The molecular formula is C14H29NO. The van der Waals surface area contributed by atoms with Crippen molar-refractivity contribution < 1.29 is 4.79 Å². The van der Waals surface area contributed by atoms with E-state index in [1.165, 1.54) is 32.1 Å². The van der Waals surface area contributed by atoms with Gasteiger partial charge in [0.05, 0.1) is 0 Å². The van der Waals surface area contributed by atoms with Crippen molar-refractivity contribution in [2.75, 3.05) is 0 Å². The maximum Gasteiger partial charge on any atom is 0.217 e. The molecule has 0 rings (SSSR count). The zero-order chi connectivity index (χ0) is 12.4. The van der Waals surface area contributed by atoms with Crippen molar-refractivity contribution in [3.05, 3.63) is 0 Å². The van der Waals surface area contributed by atoms with Gasteiger partial charge in [0.1, 0.15) is 0 Å². The van der Waals surface area contributed by atoms with E-state index in [1.807, 2.05) is 0 Å². The highest BCUT2D eigenvalue weighted by atomic mass is 16.1. The van der Waals surface area contributed by atoms with E-state index < -0.39 is 0 Å². The van der Waals surface area contributed by atoms with Crippen LogP contribution in [0.2, 0.25) is 0 Å². The zero-order valence-electron chi connectivity index (χ0n) is 11.3. The lowest BCUT2D eigenvalue weighted by atomic mass is 9.93. The van der Waals surface area contributed by atoms with Gasteiger partial charge in [0.2, 0.25) is 5.91 Å². The Kier molecular flexibility index (Phi) is 9.36. The number of primary amides is 1. The Hall–Kier alpha value is -0.530. The van der Waals surface area contributed by atoms with E-state index in [9.17, 15) is 4.79 Å². The lowest BCUT2D eigenvalue weighted by Gasteiger charge is -2.13. The fourth-order valence-electron chi connectivity index (χ4n) is 2.24. The summed E-state index contributed by atoms with van der Waals surface area (Å²) >= 11 is 0. The van der Waals surface area contributed by atoms with Crippen LogP contribution >= 0.6 is 0 Å². The SMILES string of the molecule is CC(C)CC(C)CCCCCCCC(N)=O. The van der Waals surface area contributed by atoms with Crippen LogP contribution in [0.4, 0.5) is 0 Å². The van der Waals surface area contributed by atoms with Gasteiger partial charge in [-0.3, -0.25) is 4.79 Å². The van der Waals surface area contributed by atoms with Gasteiger partial charge in [-0.25, -0.2) is 0 Å². The quantitative estimate of drug-likeness (QED) is 0.565. The molecule has 0 aromatic rings. The zero-order valence-corrected chi connectivity index (χ0v) is 11.3. The van der Waals surface area contributed by atoms with E-state index in [0.29, 0.717) is 6.42 Å². The smallest absolute Gasteiger partial charge is 0.217 e. The van der Waals surface area contributed by atoms with Gasteiger partial charge in [0.25, 0.3) is 0 Å². The maximum absolute atomic E-state index is 10.5. The first-order valence-electron chi connectivity index (χ1n) is 6.80. The van der Waals surface area contributed by atoms with Crippen LogP contribution < -0.4 is 5.73 Å². The fourth-order valence-corrected chi connectivity index (χ4v) is 2.24. The van der Waals surface area contributed by atoms with Crippen LogP contribution in [-0.2, 0) is 4.79 Å². The second-order valence-corrected chi connectivity index (χ2v) is 5.51. The largest absolute Gasteiger partial charge is 0.370 e. The normalized spacial score (nSPS) is 13.0. The summed E-state index contributed by atoms with van der Waals surface area (Å²) in [6, 6.07) is 0. The lowest BCUT2D eigenvalue weighted by Crippen LogP contribution is -2.09. The van der Waals surface area contributed by atoms with Crippen LogP contribution in [0.3, 0.4) is 0 Å². The molecule has 0 heterocycles. The molecule has 0 aliphatic carbocycles. The minimum Gasteiger partial charge on any atom is -0.370 e. The third kappa shape index (κ3) is 11.5. The van der Waals surface area contributed by atoms with Gasteiger partial charge in [0.15, 0.2) is 0 Å². The minimum absolute atomic E-state index is 0.162. The summed E-state index contributed by atoms with van der Waals surface area (Å²) in [6.45, 7) is 6.94. The summed E-state index contributed by atoms with van der Waals surface area (Å²) in [6.07, 6.45) is 9.28. The Labute approximate surface area is 101 Å². The number of carbonyl (C=O) groups excluding carboxylic acids is 1. The molecule has 2 heteroatoms. The molecule has 0 aromatic heterocycles. The van der Waals surface area contributed by atoms with Gasteiger partial charge in [-0.1, -0.05) is 52.9 Å². The molecule has 1 amide bonds. The second-order valence-electron chi connectivity index (χ2n) is 5.51.